The second-order valence-corrected chi connectivity index (χ2v) is 36.7. The number of aryl methyl sites for hydroxylation is 1. The fourth-order valence-electron chi connectivity index (χ4n) is 5.33. The van der Waals surface area contributed by atoms with Crippen molar-refractivity contribution in [3.8, 4) is 10.4 Å². The van der Waals surface area contributed by atoms with Gasteiger partial charge >= 0.3 is 242 Å². The van der Waals surface area contributed by atoms with Gasteiger partial charge in [-0.05, 0) is 0 Å². The average molecular weight is 731 g/mol. The van der Waals surface area contributed by atoms with Crippen molar-refractivity contribution in [2.45, 2.75) is 158 Å². The topological polar surface area (TPSA) is 50.9 Å². The summed E-state index contributed by atoms with van der Waals surface area (Å²) in [6.45, 7) is 14.8. The van der Waals surface area contributed by atoms with Crippen LogP contribution in [0.15, 0.2) is 6.20 Å². The normalized spacial score (nSPS) is 11.7. The molecule has 0 spiro atoms. The number of nitrogens with zero attached hydrogens (tertiary/aromatic N) is 3. The summed E-state index contributed by atoms with van der Waals surface area (Å²) in [7, 11) is 0. The van der Waals surface area contributed by atoms with E-state index >= 15 is 0 Å². The number of unbranched alkanes of at least 4 members (excludes halogenated alkanes) is 6. The van der Waals surface area contributed by atoms with Crippen LogP contribution in [0, 0.1) is 10.4 Å². The van der Waals surface area contributed by atoms with E-state index in [0.29, 0.717) is 0 Å². The summed E-state index contributed by atoms with van der Waals surface area (Å²) in [5.41, 5.74) is 0. The molecule has 0 aliphatic rings. The van der Waals surface area contributed by atoms with Gasteiger partial charge in [0.15, 0.2) is 0 Å². The Morgan fingerprint density at radius 1 is 0.703 bits per heavy atom. The third-order valence-electron chi connectivity index (χ3n) is 7.99. The van der Waals surface area contributed by atoms with Gasteiger partial charge in [-0.2, -0.15) is 0 Å². The van der Waals surface area contributed by atoms with Gasteiger partial charge in [-0.15, -0.1) is 0 Å². The zero-order valence-electron chi connectivity index (χ0n) is 25.8. The monoisotopic (exact) mass is 733 g/mol. The van der Waals surface area contributed by atoms with Crippen LogP contribution in [0.25, 0.3) is 0 Å². The summed E-state index contributed by atoms with van der Waals surface area (Å²) in [6.07, 6.45) is 24.9. The van der Waals surface area contributed by atoms with Crippen molar-refractivity contribution in [2.24, 2.45) is 0 Å². The Morgan fingerprint density at radius 2 is 1.11 bits per heavy atom. The molecule has 37 heavy (non-hydrogen) atoms. The van der Waals surface area contributed by atoms with Crippen molar-refractivity contribution in [3.63, 3.8) is 0 Å². The molecule has 0 aliphatic heterocycles. The van der Waals surface area contributed by atoms with Crippen LogP contribution in [0.3, 0.4) is 0 Å². The summed E-state index contributed by atoms with van der Waals surface area (Å²) in [5.74, 6) is 0. The Balaban J connectivity index is 0.000000757. The van der Waals surface area contributed by atoms with Gasteiger partial charge in [0.25, 0.3) is 0 Å². The molecule has 0 amide bonds. The van der Waals surface area contributed by atoms with Crippen molar-refractivity contribution in [2.75, 3.05) is 6.61 Å². The van der Waals surface area contributed by atoms with Crippen LogP contribution in [0.1, 0.15) is 125 Å². The molecule has 1 heterocycles. The number of hydrogen-bond donors (Lipinski definition) is 1. The molecule has 0 unspecified atom stereocenters. The molecule has 0 atom stereocenters. The minimum absolute atomic E-state index is 0.227. The number of hydrogen-bond acceptors (Lipinski definition) is 3. The van der Waals surface area contributed by atoms with Crippen LogP contribution in [0.5, 0.6) is 0 Å². The van der Waals surface area contributed by atoms with Gasteiger partial charge in [0, 0.05) is 0 Å². The molecule has 0 aliphatic carbocycles. The van der Waals surface area contributed by atoms with Crippen LogP contribution in [-0.2, 0) is 6.54 Å². The first-order valence-electron chi connectivity index (χ1n) is 16.0. The Morgan fingerprint density at radius 3 is 1.46 bits per heavy atom. The fourth-order valence-corrected chi connectivity index (χ4v) is 32.6. The van der Waals surface area contributed by atoms with E-state index in [1.807, 2.05) is 4.68 Å². The third-order valence-corrected chi connectivity index (χ3v) is 35.9. The van der Waals surface area contributed by atoms with Crippen LogP contribution in [-0.4, -0.2) is 63.5 Å². The predicted molar refractivity (Wildman–Crippen MR) is 170 cm³/mol. The summed E-state index contributed by atoms with van der Waals surface area (Å²) < 4.78 is 15.3. The van der Waals surface area contributed by atoms with E-state index in [0.717, 1.165) is 13.0 Å². The van der Waals surface area contributed by atoms with Gasteiger partial charge in [0.05, 0.1) is 0 Å². The van der Waals surface area contributed by atoms with Crippen molar-refractivity contribution in [1.82, 2.24) is 15.0 Å². The Kier molecular flexibility index (Phi) is 24.3. The Bertz CT molecular complexity index is 643. The second-order valence-electron chi connectivity index (χ2n) is 11.3. The van der Waals surface area contributed by atoms with Crippen LogP contribution < -0.4 is 3.71 Å². The van der Waals surface area contributed by atoms with E-state index in [4.69, 9.17) is 11.5 Å². The van der Waals surface area contributed by atoms with E-state index < -0.39 is 36.8 Å². The van der Waals surface area contributed by atoms with Crippen LogP contribution >= 0.6 is 0 Å². The summed E-state index contributed by atoms with van der Waals surface area (Å²) in [5, 5.41) is 18.0. The van der Waals surface area contributed by atoms with Gasteiger partial charge in [-0.1, -0.05) is 0 Å². The number of aromatic nitrogens is 3. The summed E-state index contributed by atoms with van der Waals surface area (Å²) in [6, 6.07) is 0. The zero-order chi connectivity index (χ0) is 27.8. The molecule has 0 saturated carbocycles. The molecule has 216 valence electrons. The molecular weight excluding hydrogens is 668 g/mol. The quantitative estimate of drug-likeness (QED) is 0.0960. The van der Waals surface area contributed by atoms with E-state index in [2.05, 4.69) is 62.0 Å². The van der Waals surface area contributed by atoms with Crippen molar-refractivity contribution in [1.29, 1.82) is 0 Å². The number of rotatable bonds is 22. The summed E-state index contributed by atoms with van der Waals surface area (Å²) >= 11 is -4.48. The Hall–Kier alpha value is 0.257. The Labute approximate surface area is 240 Å². The second kappa shape index (κ2) is 24.1. The third kappa shape index (κ3) is 15.6. The number of aliphatic hydroxyl groups is 1. The minimum atomic E-state index is -2.39. The van der Waals surface area contributed by atoms with Gasteiger partial charge in [0.2, 0.25) is 0 Å². The predicted octanol–water partition coefficient (Wildman–Crippen LogP) is 8.72. The fraction of sp³-hybridized carbons (Fsp3) is 0.871. The van der Waals surface area contributed by atoms with Gasteiger partial charge in [-0.25, -0.2) is 0 Å². The molecule has 1 N–H and O–H groups in total. The first kappa shape index (κ1) is 37.3. The molecule has 0 saturated heterocycles. The zero-order valence-corrected chi connectivity index (χ0v) is 31.5. The van der Waals surface area contributed by atoms with Crippen molar-refractivity contribution >= 4 is 40.5 Å². The molecule has 0 bridgehead atoms. The first-order valence-corrected chi connectivity index (χ1v) is 30.9. The molecule has 4 nitrogen and oxygen atoms in total. The first-order chi connectivity index (χ1) is 18.0. The van der Waals surface area contributed by atoms with E-state index in [1.54, 1.807) is 0 Å². The van der Waals surface area contributed by atoms with Crippen LogP contribution in [0.4, 0.5) is 0 Å². The maximum absolute atomic E-state index is 8.99. The summed E-state index contributed by atoms with van der Waals surface area (Å²) in [4.78, 5) is 0. The molecule has 0 fully saturated rings. The molecule has 1 rings (SSSR count). The average Bonchev–Trinajstić information content (AvgIpc) is 3.41. The van der Waals surface area contributed by atoms with Gasteiger partial charge in [-0.3, -0.25) is 0 Å². The molecule has 0 aromatic carbocycles. The van der Waals surface area contributed by atoms with Gasteiger partial charge < -0.3 is 0 Å². The molecular formula is C31H63N3OSn2. The van der Waals surface area contributed by atoms with Gasteiger partial charge in [0.1, 0.15) is 0 Å². The van der Waals surface area contributed by atoms with Crippen molar-refractivity contribution in [3.05, 3.63) is 6.20 Å². The standard InChI is InChI=1S/C5H8N3O.6C4H9.C2H.2Sn/c9-5-1-3-8-4-2-6-7-8;6*1-3-4-2;1-2;;/h4,9H,1,3,5H2;6*1,3-4H2,2H3;1H;;. The molecule has 0 radical (unpaired) electrons. The number of terminal acetylenes is 1. The van der Waals surface area contributed by atoms with Crippen molar-refractivity contribution < 1.29 is 5.11 Å². The molecule has 6 heteroatoms. The van der Waals surface area contributed by atoms with Crippen LogP contribution in [0.2, 0.25) is 26.6 Å². The number of aliphatic hydroxyl groups excluding tert-OH is 1. The van der Waals surface area contributed by atoms with E-state index in [1.165, 1.54) is 107 Å². The maximum atomic E-state index is 8.99. The molecule has 1 aromatic heterocycles. The van der Waals surface area contributed by atoms with E-state index in [9.17, 15) is 0 Å². The van der Waals surface area contributed by atoms with E-state index in [-0.39, 0.29) is 6.61 Å². The SMILES string of the molecule is C#[C][Sn]([CH2]CCC)([CH2]CCC)[CH2]CCC.CCC[CH2][Sn]([CH2]CCC)([CH2]CCC)[c]1cn(CCCO)nn1. The molecule has 1 aromatic rings.